The van der Waals surface area contributed by atoms with Crippen LogP contribution >= 0.6 is 0 Å². The zero-order chi connectivity index (χ0) is 14.4. The molecule has 112 valence electrons. The molecule has 1 aliphatic rings. The molecule has 0 bridgehead atoms. The van der Waals surface area contributed by atoms with Crippen molar-refractivity contribution in [3.8, 4) is 5.75 Å². The number of morpholine rings is 1. The summed E-state index contributed by atoms with van der Waals surface area (Å²) in [7, 11) is 1.48. The molecule has 0 spiro atoms. The van der Waals surface area contributed by atoms with Gasteiger partial charge in [-0.05, 0) is 13.0 Å². The van der Waals surface area contributed by atoms with Crippen LogP contribution in [0, 0.1) is 5.82 Å². The fourth-order valence-electron chi connectivity index (χ4n) is 2.37. The Kier molecular flexibility index (Phi) is 5.76. The van der Waals surface area contributed by atoms with Crippen molar-refractivity contribution >= 4 is 0 Å². The molecule has 1 saturated heterocycles. The molecule has 5 heteroatoms. The molecule has 1 N–H and O–H groups in total. The lowest BCUT2D eigenvalue weighted by Gasteiger charge is -2.29. The first kappa shape index (κ1) is 15.2. The lowest BCUT2D eigenvalue weighted by molar-refractivity contribution is 0.0343. The smallest absolute Gasteiger partial charge is 0.169 e. The van der Waals surface area contributed by atoms with Crippen molar-refractivity contribution in [1.82, 2.24) is 10.2 Å². The Hall–Kier alpha value is -1.17. The van der Waals surface area contributed by atoms with Crippen LogP contribution in [0.1, 0.15) is 12.5 Å². The summed E-state index contributed by atoms with van der Waals surface area (Å²) in [5, 5.41) is 3.36. The Balaban J connectivity index is 1.82. The molecule has 0 aliphatic carbocycles. The molecule has 1 aromatic carbocycles. The lowest BCUT2D eigenvalue weighted by Crippen LogP contribution is -2.44. The van der Waals surface area contributed by atoms with Gasteiger partial charge in [-0.1, -0.05) is 12.1 Å². The summed E-state index contributed by atoms with van der Waals surface area (Å²) >= 11 is 0. The van der Waals surface area contributed by atoms with Crippen molar-refractivity contribution in [2.75, 3.05) is 40.0 Å². The van der Waals surface area contributed by atoms with E-state index in [1.54, 1.807) is 12.1 Å². The van der Waals surface area contributed by atoms with Crippen LogP contribution in [-0.2, 0) is 11.3 Å². The zero-order valence-corrected chi connectivity index (χ0v) is 12.2. The number of nitrogens with one attached hydrogen (secondary N) is 1. The molecule has 1 aromatic rings. The summed E-state index contributed by atoms with van der Waals surface area (Å²) in [5.41, 5.74) is 0.637. The van der Waals surface area contributed by atoms with E-state index >= 15 is 0 Å². The van der Waals surface area contributed by atoms with Gasteiger partial charge in [-0.25, -0.2) is 4.39 Å². The van der Waals surface area contributed by atoms with Gasteiger partial charge < -0.3 is 14.8 Å². The number of hydrogen-bond donors (Lipinski definition) is 1. The standard InChI is InChI=1S/C15H23FN2O2/c1-12(11-18-6-8-20-9-7-18)17-10-13-4-3-5-14(19-2)15(13)16/h3-5,12,17H,6-11H2,1-2H3. The molecule has 0 aromatic heterocycles. The topological polar surface area (TPSA) is 33.7 Å². The number of benzene rings is 1. The number of hydrogen-bond acceptors (Lipinski definition) is 4. The number of rotatable bonds is 6. The highest BCUT2D eigenvalue weighted by atomic mass is 19.1. The average Bonchev–Trinajstić information content (AvgIpc) is 2.47. The van der Waals surface area contributed by atoms with E-state index in [-0.39, 0.29) is 5.82 Å². The Morgan fingerprint density at radius 3 is 2.85 bits per heavy atom. The summed E-state index contributed by atoms with van der Waals surface area (Å²) in [6, 6.07) is 5.53. The van der Waals surface area contributed by atoms with Gasteiger partial charge >= 0.3 is 0 Å². The van der Waals surface area contributed by atoms with Gasteiger partial charge in [-0.2, -0.15) is 0 Å². The normalized spacial score (nSPS) is 17.9. The van der Waals surface area contributed by atoms with Crippen LogP contribution in [0.2, 0.25) is 0 Å². The maximum absolute atomic E-state index is 14.0. The van der Waals surface area contributed by atoms with Gasteiger partial charge in [-0.15, -0.1) is 0 Å². The molecule has 4 nitrogen and oxygen atoms in total. The Labute approximate surface area is 119 Å². The number of ether oxygens (including phenoxy) is 2. The van der Waals surface area contributed by atoms with E-state index in [0.717, 1.165) is 32.8 Å². The third-order valence-electron chi connectivity index (χ3n) is 3.54. The van der Waals surface area contributed by atoms with Crippen LogP contribution in [0.25, 0.3) is 0 Å². The van der Waals surface area contributed by atoms with Crippen molar-refractivity contribution in [2.45, 2.75) is 19.5 Å². The van der Waals surface area contributed by atoms with Gasteiger partial charge in [0.25, 0.3) is 0 Å². The monoisotopic (exact) mass is 282 g/mol. The summed E-state index contributed by atoms with van der Waals surface area (Å²) in [5.74, 6) is 0.0196. The number of methoxy groups -OCH3 is 1. The van der Waals surface area contributed by atoms with Gasteiger partial charge in [0.15, 0.2) is 11.6 Å². The molecule has 2 rings (SSSR count). The van der Waals surface area contributed by atoms with Crippen molar-refractivity contribution in [2.24, 2.45) is 0 Å². The molecule has 20 heavy (non-hydrogen) atoms. The zero-order valence-electron chi connectivity index (χ0n) is 12.2. The van der Waals surface area contributed by atoms with Crippen molar-refractivity contribution < 1.29 is 13.9 Å². The maximum atomic E-state index is 14.0. The fourth-order valence-corrected chi connectivity index (χ4v) is 2.37. The highest BCUT2D eigenvalue weighted by Gasteiger charge is 2.14. The van der Waals surface area contributed by atoms with Crippen LogP contribution in [-0.4, -0.2) is 50.9 Å². The molecular weight excluding hydrogens is 259 g/mol. The maximum Gasteiger partial charge on any atom is 0.169 e. The van der Waals surface area contributed by atoms with Crippen LogP contribution in [0.15, 0.2) is 18.2 Å². The van der Waals surface area contributed by atoms with E-state index < -0.39 is 0 Å². The van der Waals surface area contributed by atoms with E-state index in [9.17, 15) is 4.39 Å². The average molecular weight is 282 g/mol. The predicted molar refractivity (Wildman–Crippen MR) is 76.5 cm³/mol. The van der Waals surface area contributed by atoms with E-state index in [1.165, 1.54) is 7.11 Å². The second kappa shape index (κ2) is 7.57. The fraction of sp³-hybridized carbons (Fsp3) is 0.600. The molecule has 1 atom stereocenters. The lowest BCUT2D eigenvalue weighted by atomic mass is 10.2. The molecule has 1 unspecified atom stereocenters. The van der Waals surface area contributed by atoms with Crippen molar-refractivity contribution in [3.05, 3.63) is 29.6 Å². The second-order valence-electron chi connectivity index (χ2n) is 5.13. The molecule has 1 heterocycles. The predicted octanol–water partition coefficient (Wildman–Crippen LogP) is 1.64. The summed E-state index contributed by atoms with van der Waals surface area (Å²) in [6.45, 7) is 7.13. The highest BCUT2D eigenvalue weighted by molar-refractivity contribution is 5.30. The minimum Gasteiger partial charge on any atom is -0.494 e. The molecule has 0 radical (unpaired) electrons. The Morgan fingerprint density at radius 1 is 1.40 bits per heavy atom. The van der Waals surface area contributed by atoms with E-state index in [4.69, 9.17) is 9.47 Å². The molecule has 1 aliphatic heterocycles. The molecule has 1 fully saturated rings. The second-order valence-corrected chi connectivity index (χ2v) is 5.13. The van der Waals surface area contributed by atoms with Gasteiger partial charge in [0.05, 0.1) is 20.3 Å². The molecular formula is C15H23FN2O2. The highest BCUT2D eigenvalue weighted by Crippen LogP contribution is 2.19. The van der Waals surface area contributed by atoms with Gasteiger partial charge in [0.2, 0.25) is 0 Å². The van der Waals surface area contributed by atoms with E-state index in [1.807, 2.05) is 6.07 Å². The van der Waals surface area contributed by atoms with Crippen LogP contribution in [0.4, 0.5) is 4.39 Å². The summed E-state index contributed by atoms with van der Waals surface area (Å²) < 4.78 is 24.3. The quantitative estimate of drug-likeness (QED) is 0.860. The van der Waals surface area contributed by atoms with Crippen LogP contribution < -0.4 is 10.1 Å². The Morgan fingerprint density at radius 2 is 2.15 bits per heavy atom. The first-order chi connectivity index (χ1) is 9.70. The van der Waals surface area contributed by atoms with Crippen molar-refractivity contribution in [3.63, 3.8) is 0 Å². The molecule has 0 saturated carbocycles. The van der Waals surface area contributed by atoms with Crippen LogP contribution in [0.3, 0.4) is 0 Å². The van der Waals surface area contributed by atoms with E-state index in [2.05, 4.69) is 17.1 Å². The first-order valence-electron chi connectivity index (χ1n) is 7.05. The Bertz CT molecular complexity index is 422. The number of halogens is 1. The van der Waals surface area contributed by atoms with E-state index in [0.29, 0.717) is 23.9 Å². The largest absolute Gasteiger partial charge is 0.494 e. The third kappa shape index (κ3) is 4.16. The van der Waals surface area contributed by atoms with Crippen molar-refractivity contribution in [1.29, 1.82) is 0 Å². The van der Waals surface area contributed by atoms with Gasteiger partial charge in [0, 0.05) is 37.8 Å². The third-order valence-corrected chi connectivity index (χ3v) is 3.54. The summed E-state index contributed by atoms with van der Waals surface area (Å²) in [6.07, 6.45) is 0. The van der Waals surface area contributed by atoms with Gasteiger partial charge in [-0.3, -0.25) is 4.90 Å². The van der Waals surface area contributed by atoms with Crippen LogP contribution in [0.5, 0.6) is 5.75 Å². The SMILES string of the molecule is COc1cccc(CNC(C)CN2CCOCC2)c1F. The van der Waals surface area contributed by atoms with Gasteiger partial charge in [0.1, 0.15) is 0 Å². The minimum atomic E-state index is -0.277. The minimum absolute atomic E-state index is 0.277. The first-order valence-corrected chi connectivity index (χ1v) is 7.05. The summed E-state index contributed by atoms with van der Waals surface area (Å²) in [4.78, 5) is 2.36. The number of nitrogens with zero attached hydrogens (tertiary/aromatic N) is 1. The molecule has 0 amide bonds.